The highest BCUT2D eigenvalue weighted by atomic mass is 19.4. The van der Waals surface area contributed by atoms with Crippen molar-refractivity contribution < 1.29 is 41.5 Å². The second kappa shape index (κ2) is 11.6. The molecule has 4 rings (SSSR count). The Balaban J connectivity index is 1.50. The molecule has 1 aromatic heterocycles. The second-order valence-corrected chi connectivity index (χ2v) is 10.7. The first kappa shape index (κ1) is 30.7. The normalized spacial score (nSPS) is 17.7. The summed E-state index contributed by atoms with van der Waals surface area (Å²) in [5.74, 6) is -3.39. The van der Waals surface area contributed by atoms with Crippen molar-refractivity contribution in [2.45, 2.75) is 51.0 Å². The van der Waals surface area contributed by atoms with E-state index >= 15 is 0 Å². The molecule has 0 bridgehead atoms. The van der Waals surface area contributed by atoms with Gasteiger partial charge < -0.3 is 19.9 Å². The lowest BCUT2D eigenvalue weighted by Gasteiger charge is -2.43. The number of urea groups is 1. The number of halogens is 4. The largest absolute Gasteiger partial charge is 0.481 e. The number of benzene rings is 1. The molecule has 1 aromatic carbocycles. The van der Waals surface area contributed by atoms with E-state index in [0.717, 1.165) is 4.90 Å². The van der Waals surface area contributed by atoms with Gasteiger partial charge in [-0.1, -0.05) is 13.8 Å². The molecule has 2 aromatic rings. The summed E-state index contributed by atoms with van der Waals surface area (Å²) in [5.41, 5.74) is -2.53. The van der Waals surface area contributed by atoms with Crippen LogP contribution in [-0.4, -0.2) is 82.3 Å². The van der Waals surface area contributed by atoms with Crippen molar-refractivity contribution in [3.8, 4) is 5.88 Å². The van der Waals surface area contributed by atoms with Gasteiger partial charge in [-0.2, -0.15) is 13.2 Å². The molecule has 10 nitrogen and oxygen atoms in total. The summed E-state index contributed by atoms with van der Waals surface area (Å²) in [6.07, 6.45) is -3.02. The predicted octanol–water partition coefficient (Wildman–Crippen LogP) is 3.46. The molecular formula is C28H31F4N5O5. The van der Waals surface area contributed by atoms with Crippen molar-refractivity contribution in [3.05, 3.63) is 59.0 Å². The number of imide groups is 1. The number of rotatable bonds is 7. The van der Waals surface area contributed by atoms with Crippen LogP contribution in [0.5, 0.6) is 5.88 Å². The molecule has 2 aliphatic rings. The van der Waals surface area contributed by atoms with E-state index in [1.807, 2.05) is 0 Å². The summed E-state index contributed by atoms with van der Waals surface area (Å²) in [6.45, 7) is 3.51. The lowest BCUT2D eigenvalue weighted by Crippen LogP contribution is -2.60. The number of piperidine rings is 1. The number of amides is 5. The molecular weight excluding hydrogens is 562 g/mol. The number of carbonyl (C=O) groups excluding carboxylic acids is 4. The summed E-state index contributed by atoms with van der Waals surface area (Å²) < 4.78 is 58.9. The quantitative estimate of drug-likeness (QED) is 0.389. The molecule has 0 aliphatic carbocycles. The Labute approximate surface area is 239 Å². The third-order valence-corrected chi connectivity index (χ3v) is 7.75. The lowest BCUT2D eigenvalue weighted by atomic mass is 9.85. The van der Waals surface area contributed by atoms with E-state index in [1.54, 1.807) is 26.0 Å². The minimum Gasteiger partial charge on any atom is -0.481 e. The number of nitrogens with zero attached hydrogens (tertiary/aromatic N) is 4. The highest BCUT2D eigenvalue weighted by Gasteiger charge is 2.57. The van der Waals surface area contributed by atoms with E-state index in [-0.39, 0.29) is 32.5 Å². The van der Waals surface area contributed by atoms with Gasteiger partial charge in [0.05, 0.1) is 18.2 Å². The van der Waals surface area contributed by atoms with Gasteiger partial charge in [-0.15, -0.1) is 0 Å². The van der Waals surface area contributed by atoms with Crippen molar-refractivity contribution in [2.24, 2.45) is 5.92 Å². The molecule has 1 atom stereocenters. The SMILES string of the molecule is COc1cc(CN2C(=O)N(C)C(=O)C23CCN(C(=O)C(NC(=O)c2cc(C(F)(F)F)ccc2F)C(C)C)CC3)ccn1. The second-order valence-electron chi connectivity index (χ2n) is 10.7. The molecule has 226 valence electrons. The molecule has 14 heteroatoms. The maximum atomic E-state index is 14.3. The third kappa shape index (κ3) is 5.74. The average Bonchev–Trinajstić information content (AvgIpc) is 3.11. The first-order valence-electron chi connectivity index (χ1n) is 13.2. The van der Waals surface area contributed by atoms with Gasteiger partial charge >= 0.3 is 12.2 Å². The van der Waals surface area contributed by atoms with Crippen molar-refractivity contribution in [1.82, 2.24) is 25.0 Å². The van der Waals surface area contributed by atoms with E-state index in [2.05, 4.69) is 10.3 Å². The summed E-state index contributed by atoms with van der Waals surface area (Å²) in [6, 6.07) is 3.19. The zero-order valence-corrected chi connectivity index (χ0v) is 23.5. The topological polar surface area (TPSA) is 112 Å². The van der Waals surface area contributed by atoms with Crippen LogP contribution >= 0.6 is 0 Å². The molecule has 42 heavy (non-hydrogen) atoms. The fourth-order valence-electron chi connectivity index (χ4n) is 5.33. The highest BCUT2D eigenvalue weighted by molar-refractivity contribution is 6.07. The van der Waals surface area contributed by atoms with Gasteiger partial charge in [0, 0.05) is 38.9 Å². The van der Waals surface area contributed by atoms with Crippen molar-refractivity contribution in [2.75, 3.05) is 27.2 Å². The Morgan fingerprint density at radius 3 is 2.38 bits per heavy atom. The average molecular weight is 594 g/mol. The van der Waals surface area contributed by atoms with Crippen molar-refractivity contribution in [1.29, 1.82) is 0 Å². The number of ether oxygens (including phenoxy) is 1. The monoisotopic (exact) mass is 593 g/mol. The van der Waals surface area contributed by atoms with Crippen molar-refractivity contribution in [3.63, 3.8) is 0 Å². The molecule has 5 amide bonds. The van der Waals surface area contributed by atoms with E-state index in [0.29, 0.717) is 29.6 Å². The van der Waals surface area contributed by atoms with Crippen LogP contribution in [0.4, 0.5) is 22.4 Å². The van der Waals surface area contributed by atoms with Gasteiger partial charge in [0.15, 0.2) is 0 Å². The minimum absolute atomic E-state index is 0.0683. The number of carbonyl (C=O) groups is 4. The fourth-order valence-corrected chi connectivity index (χ4v) is 5.33. The van der Waals surface area contributed by atoms with Gasteiger partial charge in [0.25, 0.3) is 11.8 Å². The van der Waals surface area contributed by atoms with Crippen LogP contribution in [0.25, 0.3) is 0 Å². The van der Waals surface area contributed by atoms with Gasteiger partial charge in [-0.25, -0.2) is 14.2 Å². The molecule has 1 spiro atoms. The summed E-state index contributed by atoms with van der Waals surface area (Å²) in [4.78, 5) is 60.8. The molecule has 2 fully saturated rings. The maximum Gasteiger partial charge on any atom is 0.416 e. The number of aromatic nitrogens is 1. The highest BCUT2D eigenvalue weighted by Crippen LogP contribution is 2.38. The van der Waals surface area contributed by atoms with Gasteiger partial charge in [0.1, 0.15) is 17.4 Å². The minimum atomic E-state index is -4.79. The van der Waals surface area contributed by atoms with E-state index in [1.165, 1.54) is 30.2 Å². The number of nitrogens with one attached hydrogen (secondary N) is 1. The summed E-state index contributed by atoms with van der Waals surface area (Å²) >= 11 is 0. The Morgan fingerprint density at radius 2 is 1.79 bits per heavy atom. The number of methoxy groups -OCH3 is 1. The number of likely N-dealkylation sites (tertiary alicyclic amines) is 1. The van der Waals surface area contributed by atoms with Crippen LogP contribution < -0.4 is 10.1 Å². The van der Waals surface area contributed by atoms with Gasteiger partial charge in [-0.05, 0) is 48.6 Å². The van der Waals surface area contributed by atoms with Crippen LogP contribution in [-0.2, 0) is 22.3 Å². The number of alkyl halides is 3. The first-order valence-corrected chi connectivity index (χ1v) is 13.2. The Kier molecular flexibility index (Phi) is 8.46. The molecule has 3 heterocycles. The zero-order valence-electron chi connectivity index (χ0n) is 23.5. The van der Waals surface area contributed by atoms with Crippen LogP contribution in [0.2, 0.25) is 0 Å². The van der Waals surface area contributed by atoms with E-state index in [4.69, 9.17) is 4.74 Å². The zero-order chi connectivity index (χ0) is 31.0. The van der Waals surface area contributed by atoms with Crippen LogP contribution in [0.15, 0.2) is 36.5 Å². The summed E-state index contributed by atoms with van der Waals surface area (Å²) in [5, 5.41) is 2.39. The Bertz CT molecular complexity index is 1390. The molecule has 0 saturated carbocycles. The van der Waals surface area contributed by atoms with Crippen LogP contribution in [0.1, 0.15) is 48.2 Å². The number of hydrogen-bond acceptors (Lipinski definition) is 6. The predicted molar refractivity (Wildman–Crippen MR) is 141 cm³/mol. The fraction of sp³-hybridized carbons (Fsp3) is 0.464. The number of pyridine rings is 1. The Hall–Kier alpha value is -4.23. The maximum absolute atomic E-state index is 14.3. The molecule has 1 unspecified atom stereocenters. The van der Waals surface area contributed by atoms with E-state index < -0.39 is 64.4 Å². The van der Waals surface area contributed by atoms with Crippen LogP contribution in [0.3, 0.4) is 0 Å². The van der Waals surface area contributed by atoms with Gasteiger partial charge in [0.2, 0.25) is 11.8 Å². The molecule has 2 aliphatic heterocycles. The molecule has 1 N–H and O–H groups in total. The smallest absolute Gasteiger partial charge is 0.416 e. The number of hydrogen-bond donors (Lipinski definition) is 1. The number of likely N-dealkylation sites (N-methyl/N-ethyl adjacent to an activating group) is 1. The lowest BCUT2D eigenvalue weighted by molar-refractivity contribution is -0.142. The third-order valence-electron chi connectivity index (χ3n) is 7.75. The Morgan fingerprint density at radius 1 is 1.12 bits per heavy atom. The molecule has 2 saturated heterocycles. The first-order chi connectivity index (χ1) is 19.7. The summed E-state index contributed by atoms with van der Waals surface area (Å²) in [7, 11) is 2.86. The molecule has 0 radical (unpaired) electrons. The van der Waals surface area contributed by atoms with Crippen molar-refractivity contribution >= 4 is 23.8 Å². The van der Waals surface area contributed by atoms with Crippen LogP contribution in [0, 0.1) is 11.7 Å². The standard InChI is InChI=1S/C28H31F4N5O5/c1-16(2)22(34-23(38)19-14-18(28(30,31)32)5-6-20(19)29)24(39)36-11-8-27(9-12-36)25(40)35(3)26(41)37(27)15-17-7-10-33-21(13-17)42-4/h5-7,10,13-14,16,22H,8-9,11-12,15H2,1-4H3,(H,34,38). The van der Waals surface area contributed by atoms with Gasteiger partial charge in [-0.3, -0.25) is 19.3 Å². The van der Waals surface area contributed by atoms with E-state index in [9.17, 15) is 36.7 Å².